The summed E-state index contributed by atoms with van der Waals surface area (Å²) < 4.78 is 0. The van der Waals surface area contributed by atoms with Gasteiger partial charge in [0.15, 0.2) is 0 Å². The van der Waals surface area contributed by atoms with Gasteiger partial charge in [-0.15, -0.1) is 0 Å². The second-order valence-electron chi connectivity index (χ2n) is 6.61. The van der Waals surface area contributed by atoms with Crippen LogP contribution in [0.1, 0.15) is 67.2 Å². The Bertz CT molecular complexity index is 426. The van der Waals surface area contributed by atoms with Gasteiger partial charge < -0.3 is 0 Å². The molecule has 0 radical (unpaired) electrons. The Hall–Kier alpha value is -0.990. The van der Waals surface area contributed by atoms with E-state index in [2.05, 4.69) is 6.92 Å². The Morgan fingerprint density at radius 1 is 1.24 bits per heavy atom. The zero-order chi connectivity index (χ0) is 16.4. The molecule has 3 nitrogen and oxygen atoms in total. The van der Waals surface area contributed by atoms with E-state index in [1.807, 2.05) is 27.7 Å². The summed E-state index contributed by atoms with van der Waals surface area (Å²) in [6, 6.07) is 0. The van der Waals surface area contributed by atoms with E-state index in [1.54, 1.807) is 6.92 Å². The number of rotatable bonds is 2. The maximum Gasteiger partial charge on any atom is 0.137 e. The fourth-order valence-corrected chi connectivity index (χ4v) is 4.48. The maximum absolute atomic E-state index is 12.5. The highest BCUT2D eigenvalue weighted by atomic mass is 16.1. The number of hydrogen-bond acceptors (Lipinski definition) is 3. The van der Waals surface area contributed by atoms with E-state index in [4.69, 9.17) is 0 Å². The summed E-state index contributed by atoms with van der Waals surface area (Å²) in [5.41, 5.74) is -0.521. The van der Waals surface area contributed by atoms with Gasteiger partial charge in [-0.25, -0.2) is 0 Å². The van der Waals surface area contributed by atoms with Crippen LogP contribution < -0.4 is 0 Å². The van der Waals surface area contributed by atoms with Crippen LogP contribution in [0.2, 0.25) is 0 Å². The average Bonchev–Trinajstić information content (AvgIpc) is 2.44. The number of hydrogen-bond donors (Lipinski definition) is 0. The van der Waals surface area contributed by atoms with E-state index in [0.717, 1.165) is 12.8 Å². The molecular weight excluding hydrogens is 264 g/mol. The SMILES string of the molecule is CC.CCC1C2CCC(=O)C(C)C2C(=O)CC1(C)C(C)=O. The van der Waals surface area contributed by atoms with Crippen LogP contribution in [0.25, 0.3) is 0 Å². The van der Waals surface area contributed by atoms with Crippen LogP contribution >= 0.6 is 0 Å². The second-order valence-corrected chi connectivity index (χ2v) is 6.61. The third kappa shape index (κ3) is 2.97. The standard InChI is InChI=1S/C16H24O3.C2H6/c1-5-12-11-6-7-13(18)9(2)15(11)14(19)8-16(12,4)10(3)17;1-2/h9,11-12,15H,5-8H2,1-4H3;1-2H3. The average molecular weight is 294 g/mol. The molecule has 0 heterocycles. The first-order chi connectivity index (χ1) is 9.82. The fourth-order valence-electron chi connectivity index (χ4n) is 4.48. The van der Waals surface area contributed by atoms with Crippen molar-refractivity contribution >= 4 is 17.3 Å². The highest BCUT2D eigenvalue weighted by molar-refractivity contribution is 5.96. The van der Waals surface area contributed by atoms with Gasteiger partial charge in [-0.05, 0) is 25.2 Å². The normalized spacial score (nSPS) is 39.1. The third-order valence-electron chi connectivity index (χ3n) is 5.72. The summed E-state index contributed by atoms with van der Waals surface area (Å²) in [5.74, 6) is 0.631. The van der Waals surface area contributed by atoms with Gasteiger partial charge in [0.2, 0.25) is 0 Å². The largest absolute Gasteiger partial charge is 0.299 e. The van der Waals surface area contributed by atoms with E-state index in [9.17, 15) is 14.4 Å². The molecule has 2 aliphatic carbocycles. The lowest BCUT2D eigenvalue weighted by Gasteiger charge is -2.50. The van der Waals surface area contributed by atoms with Crippen molar-refractivity contribution in [1.82, 2.24) is 0 Å². The van der Waals surface area contributed by atoms with Crippen LogP contribution in [0.3, 0.4) is 0 Å². The van der Waals surface area contributed by atoms with E-state index in [0.29, 0.717) is 12.8 Å². The first kappa shape index (κ1) is 18.1. The van der Waals surface area contributed by atoms with Crippen LogP contribution in [0, 0.1) is 29.1 Å². The first-order valence-electron chi connectivity index (χ1n) is 8.39. The Morgan fingerprint density at radius 3 is 2.29 bits per heavy atom. The van der Waals surface area contributed by atoms with Gasteiger partial charge in [0, 0.05) is 30.1 Å². The van der Waals surface area contributed by atoms with Crippen LogP contribution in [-0.2, 0) is 14.4 Å². The number of carbonyl (C=O) groups excluding carboxylic acids is 3. The minimum atomic E-state index is -0.521. The van der Waals surface area contributed by atoms with Crippen molar-refractivity contribution in [2.45, 2.75) is 67.2 Å². The van der Waals surface area contributed by atoms with E-state index >= 15 is 0 Å². The van der Waals surface area contributed by atoms with Gasteiger partial charge in [0.05, 0.1) is 0 Å². The molecule has 21 heavy (non-hydrogen) atoms. The molecule has 0 aromatic carbocycles. The molecule has 5 unspecified atom stereocenters. The molecule has 2 aliphatic rings. The molecule has 3 heteroatoms. The van der Waals surface area contributed by atoms with Crippen molar-refractivity contribution in [3.8, 4) is 0 Å². The number of fused-ring (bicyclic) bond motifs is 1. The minimum Gasteiger partial charge on any atom is -0.299 e. The molecule has 0 aromatic rings. The topological polar surface area (TPSA) is 51.2 Å². The predicted octanol–water partition coefficient (Wildman–Crippen LogP) is 3.84. The summed E-state index contributed by atoms with van der Waals surface area (Å²) >= 11 is 0. The van der Waals surface area contributed by atoms with E-state index in [-0.39, 0.29) is 41.0 Å². The lowest BCUT2D eigenvalue weighted by atomic mass is 9.51. The maximum atomic E-state index is 12.5. The Morgan fingerprint density at radius 2 is 1.81 bits per heavy atom. The van der Waals surface area contributed by atoms with Crippen molar-refractivity contribution in [2.24, 2.45) is 29.1 Å². The minimum absolute atomic E-state index is 0.121. The monoisotopic (exact) mass is 294 g/mol. The van der Waals surface area contributed by atoms with Gasteiger partial charge >= 0.3 is 0 Å². The molecule has 0 amide bonds. The summed E-state index contributed by atoms with van der Waals surface area (Å²) in [6.45, 7) is 11.5. The zero-order valence-electron chi connectivity index (χ0n) is 14.4. The second kappa shape index (κ2) is 6.85. The van der Waals surface area contributed by atoms with Crippen molar-refractivity contribution in [2.75, 3.05) is 0 Å². The summed E-state index contributed by atoms with van der Waals surface area (Å²) in [7, 11) is 0. The van der Waals surface area contributed by atoms with Gasteiger partial charge in [-0.2, -0.15) is 0 Å². The highest BCUT2D eigenvalue weighted by Crippen LogP contribution is 2.52. The summed E-state index contributed by atoms with van der Waals surface area (Å²) in [5, 5.41) is 0. The Labute approximate surface area is 128 Å². The van der Waals surface area contributed by atoms with E-state index < -0.39 is 5.41 Å². The van der Waals surface area contributed by atoms with Gasteiger partial charge in [-0.3, -0.25) is 14.4 Å². The van der Waals surface area contributed by atoms with E-state index in [1.165, 1.54) is 0 Å². The van der Waals surface area contributed by atoms with Gasteiger partial charge in [0.1, 0.15) is 17.3 Å². The molecule has 0 saturated heterocycles. The van der Waals surface area contributed by atoms with Gasteiger partial charge in [-0.1, -0.05) is 41.0 Å². The molecule has 5 atom stereocenters. The van der Waals surface area contributed by atoms with Crippen molar-refractivity contribution in [3.63, 3.8) is 0 Å². The fraction of sp³-hybridized carbons (Fsp3) is 0.833. The highest BCUT2D eigenvalue weighted by Gasteiger charge is 2.55. The molecular formula is C18H30O3. The predicted molar refractivity (Wildman–Crippen MR) is 83.9 cm³/mol. The lowest BCUT2D eigenvalue weighted by molar-refractivity contribution is -0.154. The van der Waals surface area contributed by atoms with Crippen LogP contribution in [0.5, 0.6) is 0 Å². The third-order valence-corrected chi connectivity index (χ3v) is 5.72. The lowest BCUT2D eigenvalue weighted by Crippen LogP contribution is -2.53. The molecule has 0 aromatic heterocycles. The smallest absolute Gasteiger partial charge is 0.137 e. The number of carbonyl (C=O) groups is 3. The molecule has 0 spiro atoms. The molecule has 2 rings (SSSR count). The molecule has 2 fully saturated rings. The molecule has 120 valence electrons. The summed E-state index contributed by atoms with van der Waals surface area (Å²) in [4.78, 5) is 36.4. The summed E-state index contributed by atoms with van der Waals surface area (Å²) in [6.07, 6.45) is 2.58. The zero-order valence-corrected chi connectivity index (χ0v) is 14.4. The number of ketones is 3. The van der Waals surface area contributed by atoms with Gasteiger partial charge in [0.25, 0.3) is 0 Å². The van der Waals surface area contributed by atoms with Crippen LogP contribution in [0.15, 0.2) is 0 Å². The molecule has 0 N–H and O–H groups in total. The van der Waals surface area contributed by atoms with Crippen molar-refractivity contribution in [3.05, 3.63) is 0 Å². The quantitative estimate of drug-likeness (QED) is 0.777. The number of Topliss-reactive ketones (excluding diaryl/α,β-unsaturated/α-hetero) is 3. The first-order valence-corrected chi connectivity index (χ1v) is 8.39. The Kier molecular flexibility index (Phi) is 5.89. The Balaban J connectivity index is 0.00000106. The van der Waals surface area contributed by atoms with Crippen LogP contribution in [0.4, 0.5) is 0 Å². The van der Waals surface area contributed by atoms with Crippen molar-refractivity contribution < 1.29 is 14.4 Å². The molecule has 0 bridgehead atoms. The molecule has 0 aliphatic heterocycles. The van der Waals surface area contributed by atoms with Crippen molar-refractivity contribution in [1.29, 1.82) is 0 Å². The molecule has 2 saturated carbocycles. The van der Waals surface area contributed by atoms with Crippen LogP contribution in [-0.4, -0.2) is 17.3 Å².